The number of fused-ring (bicyclic) bond motifs is 1. The fraction of sp³-hybridized carbons (Fsp3) is 0.118. The molecule has 0 spiro atoms. The Bertz CT molecular complexity index is 1950. The molecule has 5 aromatic rings. The maximum atomic E-state index is 14.0. The summed E-state index contributed by atoms with van der Waals surface area (Å²) in [4.78, 5) is 19.8. The van der Waals surface area contributed by atoms with Crippen LogP contribution in [0.4, 0.5) is 0 Å². The molecule has 40 heavy (non-hydrogen) atoms. The largest absolute Gasteiger partial charge is 0.457 e. The zero-order chi connectivity index (χ0) is 27.1. The van der Waals surface area contributed by atoms with E-state index in [9.17, 15) is 4.79 Å². The van der Waals surface area contributed by atoms with Gasteiger partial charge >= 0.3 is 0 Å². The van der Waals surface area contributed by atoms with Crippen molar-refractivity contribution in [3.05, 3.63) is 156 Å². The van der Waals surface area contributed by atoms with Crippen LogP contribution in [0.2, 0.25) is 5.02 Å². The molecule has 196 valence electrons. The summed E-state index contributed by atoms with van der Waals surface area (Å²) in [6.07, 6.45) is 6.98. The molecule has 2 aliphatic rings. The maximum Gasteiger partial charge on any atom is 0.271 e. The topological polar surface area (TPSA) is 47.5 Å². The Balaban J connectivity index is 1.37. The van der Waals surface area contributed by atoms with Crippen LogP contribution in [-0.4, -0.2) is 4.57 Å². The van der Waals surface area contributed by atoms with Crippen LogP contribution in [-0.2, 0) is 0 Å². The minimum absolute atomic E-state index is 0.0484. The van der Waals surface area contributed by atoms with Crippen molar-refractivity contribution in [3.8, 4) is 11.3 Å². The lowest BCUT2D eigenvalue weighted by atomic mass is 9.84. The summed E-state index contributed by atoms with van der Waals surface area (Å²) in [5.74, 6) is 1.35. The lowest BCUT2D eigenvalue weighted by molar-refractivity contribution is 0.553. The van der Waals surface area contributed by atoms with Gasteiger partial charge in [0.15, 0.2) is 4.80 Å². The molecule has 7 rings (SSSR count). The fourth-order valence-electron chi connectivity index (χ4n) is 5.57. The Morgan fingerprint density at radius 1 is 0.875 bits per heavy atom. The zero-order valence-electron chi connectivity index (χ0n) is 21.6. The molecule has 0 saturated heterocycles. The van der Waals surface area contributed by atoms with Crippen LogP contribution in [0, 0.1) is 0 Å². The number of halogens is 1. The summed E-state index contributed by atoms with van der Waals surface area (Å²) in [5, 5.41) is 0.675. The Labute approximate surface area is 240 Å². The number of nitrogens with zero attached hydrogens (tertiary/aromatic N) is 2. The number of furan rings is 1. The van der Waals surface area contributed by atoms with Crippen LogP contribution >= 0.6 is 22.9 Å². The van der Waals surface area contributed by atoms with Crippen LogP contribution in [0.1, 0.15) is 42.2 Å². The van der Waals surface area contributed by atoms with Crippen LogP contribution in [0.5, 0.6) is 0 Å². The molecular weight excluding hydrogens is 536 g/mol. The molecule has 4 nitrogen and oxygen atoms in total. The minimum Gasteiger partial charge on any atom is -0.457 e. The van der Waals surface area contributed by atoms with Crippen LogP contribution < -0.4 is 14.9 Å². The van der Waals surface area contributed by atoms with Crippen molar-refractivity contribution in [2.45, 2.75) is 25.3 Å². The van der Waals surface area contributed by atoms with E-state index in [1.807, 2.05) is 71.3 Å². The Hall–Kier alpha value is -4.19. The van der Waals surface area contributed by atoms with E-state index in [1.54, 1.807) is 0 Å². The molecule has 0 bridgehead atoms. The van der Waals surface area contributed by atoms with Gasteiger partial charge in [0.25, 0.3) is 5.56 Å². The van der Waals surface area contributed by atoms with Gasteiger partial charge in [0.1, 0.15) is 11.5 Å². The van der Waals surface area contributed by atoms with Crippen molar-refractivity contribution < 1.29 is 4.42 Å². The van der Waals surface area contributed by atoms with Crippen molar-refractivity contribution in [1.29, 1.82) is 0 Å². The summed E-state index contributed by atoms with van der Waals surface area (Å²) in [6.45, 7) is 0. The average Bonchev–Trinajstić information content (AvgIpc) is 3.58. The molecule has 0 fully saturated rings. The third kappa shape index (κ3) is 4.61. The first kappa shape index (κ1) is 24.8. The van der Waals surface area contributed by atoms with Gasteiger partial charge in [-0.25, -0.2) is 4.99 Å². The molecule has 6 heteroatoms. The van der Waals surface area contributed by atoms with Crippen molar-refractivity contribution in [3.63, 3.8) is 0 Å². The van der Waals surface area contributed by atoms with E-state index in [2.05, 4.69) is 42.5 Å². The number of aromatic nitrogens is 1. The van der Waals surface area contributed by atoms with E-state index in [-0.39, 0.29) is 11.6 Å². The molecule has 0 amide bonds. The average molecular weight is 561 g/mol. The van der Waals surface area contributed by atoms with E-state index in [0.717, 1.165) is 47.4 Å². The molecule has 2 aromatic heterocycles. The van der Waals surface area contributed by atoms with Crippen LogP contribution in [0.25, 0.3) is 23.5 Å². The van der Waals surface area contributed by atoms with Gasteiger partial charge in [-0.3, -0.25) is 9.36 Å². The van der Waals surface area contributed by atoms with E-state index < -0.39 is 0 Å². The van der Waals surface area contributed by atoms with Gasteiger partial charge < -0.3 is 4.42 Å². The van der Waals surface area contributed by atoms with Gasteiger partial charge in [0.05, 0.1) is 16.3 Å². The second-order valence-corrected chi connectivity index (χ2v) is 11.5. The predicted octanol–water partition coefficient (Wildman–Crippen LogP) is 7.40. The smallest absolute Gasteiger partial charge is 0.271 e. The fourth-order valence-corrected chi connectivity index (χ4v) is 6.68. The van der Waals surface area contributed by atoms with Gasteiger partial charge in [-0.1, -0.05) is 83.6 Å². The quantitative estimate of drug-likeness (QED) is 0.230. The lowest BCUT2D eigenvalue weighted by Gasteiger charge is -2.31. The van der Waals surface area contributed by atoms with E-state index in [0.29, 0.717) is 20.1 Å². The summed E-state index contributed by atoms with van der Waals surface area (Å²) >= 11 is 7.46. The molecule has 3 heterocycles. The highest BCUT2D eigenvalue weighted by Gasteiger charge is 2.32. The SMILES string of the molecule is O=c1c(=Cc2ccc(-c3ccc(Cl)cc3)o2)sc2n1[C@@H](c1ccccc1)C1=C(N=2)/C(=C\c2ccccc2)CCC1. The van der Waals surface area contributed by atoms with Gasteiger partial charge in [0, 0.05) is 16.7 Å². The van der Waals surface area contributed by atoms with Crippen molar-refractivity contribution in [2.24, 2.45) is 4.99 Å². The summed E-state index contributed by atoms with van der Waals surface area (Å²) in [6, 6.07) is 31.8. The highest BCUT2D eigenvalue weighted by molar-refractivity contribution is 7.07. The van der Waals surface area contributed by atoms with Crippen LogP contribution in [0.3, 0.4) is 0 Å². The van der Waals surface area contributed by atoms with Gasteiger partial charge in [0.2, 0.25) is 0 Å². The normalized spacial score (nSPS) is 18.0. The second kappa shape index (κ2) is 10.4. The van der Waals surface area contributed by atoms with E-state index in [4.69, 9.17) is 21.0 Å². The molecule has 1 aliphatic carbocycles. The third-order valence-electron chi connectivity index (χ3n) is 7.42. The minimum atomic E-state index is -0.185. The van der Waals surface area contributed by atoms with Crippen molar-refractivity contribution >= 4 is 35.1 Å². The molecule has 0 saturated carbocycles. The van der Waals surface area contributed by atoms with Crippen molar-refractivity contribution in [1.82, 2.24) is 4.57 Å². The summed E-state index contributed by atoms with van der Waals surface area (Å²) in [5.41, 5.74) is 6.61. The Morgan fingerprint density at radius 3 is 2.40 bits per heavy atom. The number of benzene rings is 3. The zero-order valence-corrected chi connectivity index (χ0v) is 23.2. The Kier molecular flexibility index (Phi) is 6.46. The first-order valence-corrected chi connectivity index (χ1v) is 14.5. The monoisotopic (exact) mass is 560 g/mol. The van der Waals surface area contributed by atoms with Crippen molar-refractivity contribution in [2.75, 3.05) is 0 Å². The third-order valence-corrected chi connectivity index (χ3v) is 8.65. The van der Waals surface area contributed by atoms with E-state index >= 15 is 0 Å². The number of rotatable bonds is 4. The highest BCUT2D eigenvalue weighted by Crippen LogP contribution is 2.41. The molecular formula is C34H25ClN2O2S. The molecule has 0 unspecified atom stereocenters. The number of allylic oxidation sites excluding steroid dienone is 2. The van der Waals surface area contributed by atoms with Gasteiger partial charge in [-0.15, -0.1) is 0 Å². The highest BCUT2D eigenvalue weighted by atomic mass is 35.5. The predicted molar refractivity (Wildman–Crippen MR) is 162 cm³/mol. The molecule has 0 N–H and O–H groups in total. The molecule has 1 aliphatic heterocycles. The number of thiazole rings is 1. The number of hydrogen-bond donors (Lipinski definition) is 0. The van der Waals surface area contributed by atoms with Crippen LogP contribution in [0.15, 0.2) is 128 Å². The summed E-state index contributed by atoms with van der Waals surface area (Å²) in [7, 11) is 0. The second-order valence-electron chi connectivity index (χ2n) is 10.0. The molecule has 1 atom stereocenters. The standard InChI is InChI=1S/C34H25ClN2O2S/c35-26-16-14-23(15-17-26)29-19-18-27(39-29)21-30-33(38)37-32(24-10-5-2-6-11-24)28-13-7-12-25(31(28)36-34(37)40-30)20-22-8-3-1-4-9-22/h1-6,8-11,14-21,32H,7,12-13H2/b25-20-,30-21?/t32-/m0/s1. The molecule has 3 aromatic carbocycles. The van der Waals surface area contributed by atoms with Gasteiger partial charge in [-0.2, -0.15) is 0 Å². The first-order chi connectivity index (χ1) is 19.6. The number of hydrogen-bond acceptors (Lipinski definition) is 4. The lowest BCUT2D eigenvalue weighted by Crippen LogP contribution is -2.39. The molecule has 0 radical (unpaired) electrons. The van der Waals surface area contributed by atoms with Gasteiger partial charge in [-0.05, 0) is 84.0 Å². The maximum absolute atomic E-state index is 14.0. The summed E-state index contributed by atoms with van der Waals surface area (Å²) < 4.78 is 8.58. The first-order valence-electron chi connectivity index (χ1n) is 13.4. The van der Waals surface area contributed by atoms with E-state index in [1.165, 1.54) is 22.5 Å². The Morgan fingerprint density at radius 2 is 1.62 bits per heavy atom.